The molecule has 6 heterocycles. The Balaban J connectivity index is 0.00000532. The Morgan fingerprint density at radius 1 is 0.450 bits per heavy atom. The fraction of sp³-hybridized carbons (Fsp3) is 0.635. The van der Waals surface area contributed by atoms with Crippen LogP contribution in [0, 0.1) is 55.8 Å². The number of hydrogen-bond acceptors (Lipinski definition) is 33. The summed E-state index contributed by atoms with van der Waals surface area (Å²) in [4.78, 5) is 8.91. The third-order valence-electron chi connectivity index (χ3n) is 17.9. The molecule has 6 saturated heterocycles. The van der Waals surface area contributed by atoms with Crippen LogP contribution in [0.3, 0.4) is 0 Å². The van der Waals surface area contributed by atoms with Gasteiger partial charge in [-0.1, -0.05) is 134 Å². The van der Waals surface area contributed by atoms with Crippen LogP contribution in [0.15, 0.2) is 106 Å². The predicted molar refractivity (Wildman–Crippen MR) is 347 cm³/mol. The van der Waals surface area contributed by atoms with Crippen LogP contribution in [-0.2, 0) is 135 Å². The van der Waals surface area contributed by atoms with Crippen molar-refractivity contribution >= 4 is 31.2 Å². The van der Waals surface area contributed by atoms with E-state index in [1.807, 2.05) is 30.3 Å². The average Bonchev–Trinajstić information content (AvgIpc) is 0.776. The van der Waals surface area contributed by atoms with E-state index in [1.165, 1.54) is 27.4 Å². The monoisotopic (exact) mass is 1580 g/mol. The molecule has 27 atom stereocenters. The van der Waals surface area contributed by atoms with Crippen LogP contribution >= 0.6 is 0 Å². The van der Waals surface area contributed by atoms with Gasteiger partial charge in [0.25, 0.3) is 0 Å². The summed E-state index contributed by atoms with van der Waals surface area (Å²) in [7, 11) is -16.3. The maximum absolute atomic E-state index is 12.5. The second-order valence-corrected chi connectivity index (χ2v) is 28.2. The molecular weight excluding hydrogens is 1500 g/mol. The van der Waals surface area contributed by atoms with Crippen LogP contribution in [0.25, 0.3) is 31.3 Å². The van der Waals surface area contributed by atoms with Gasteiger partial charge in [-0.2, -0.15) is 13.2 Å². The number of benzene rings is 3. The van der Waals surface area contributed by atoms with Crippen molar-refractivity contribution in [2.24, 2.45) is 39.0 Å². The van der Waals surface area contributed by atoms with E-state index in [4.69, 9.17) is 81.7 Å². The first-order chi connectivity index (χ1) is 50.2. The summed E-state index contributed by atoms with van der Waals surface area (Å²) in [6.45, 7) is 5.96. The summed E-state index contributed by atoms with van der Waals surface area (Å²) in [5, 5.41) is 48.2. The molecule has 3 N–H and O–H groups in total. The number of rotatable bonds is 35. The fourth-order valence-electron chi connectivity index (χ4n) is 12.6. The molecular formula is C63H79Li6N9O30S3. The summed E-state index contributed by atoms with van der Waals surface area (Å²) in [5.41, 5.74) is 31.7. The average molecular weight is 1580 g/mol. The van der Waals surface area contributed by atoms with Gasteiger partial charge in [0, 0.05) is 21.2 Å². The number of terminal acetylenes is 1. The Bertz CT molecular complexity index is 3820. The van der Waals surface area contributed by atoms with Gasteiger partial charge in [-0.15, -0.1) is 18.3 Å². The van der Waals surface area contributed by atoms with E-state index in [1.54, 1.807) is 67.6 Å². The molecule has 0 spiro atoms. The molecule has 6 fully saturated rings. The number of aliphatic hydroxyl groups excluding tert-OH is 3. The SMILES string of the molecule is C#CCCCO[C@@H]1OC(COS(=O)(=O)[O-])[C@H](O[C@@H]2O[CH-][C@H](O[C@@H]3OC(COS(=O)(=O)[O-])[C@H](O[C@@H]4O[CH-][C@H](O[C@@H]5OC(COS(=O)(=O)[O-])[C@H](O[C@@H]6O[CH-][C@H](C)[C@@H](OCc7ccccc7)C6O)[C@H](C)C5N=[N+]=[N-])[C@@H](OCc5ccccc5)C4O)[C@H](C)C3N=[N+]=[N-])[C@@H](OCc3ccccc3)C2O)[C@H](C)C1N=[N+]=[N-].[Li+].[Li+].[Li+].[Li+].[Li+].[Li+]. The minimum absolute atomic E-state index is 0. The zero-order chi connectivity index (χ0) is 75.6. The molecule has 580 valence electrons. The first-order valence-corrected chi connectivity index (χ1v) is 36.9. The second-order valence-electron chi connectivity index (χ2n) is 25.1. The van der Waals surface area contributed by atoms with Gasteiger partial charge < -0.3 is 100 Å². The molecule has 48 heteroatoms. The molecule has 111 heavy (non-hydrogen) atoms. The van der Waals surface area contributed by atoms with E-state index in [-0.39, 0.29) is 140 Å². The third kappa shape index (κ3) is 29.8. The summed E-state index contributed by atoms with van der Waals surface area (Å²) < 4.78 is 215. The van der Waals surface area contributed by atoms with Crippen LogP contribution in [-0.4, -0.2) is 222 Å². The van der Waals surface area contributed by atoms with Gasteiger partial charge in [0.1, 0.15) is 36.6 Å². The van der Waals surface area contributed by atoms with Crippen molar-refractivity contribution in [2.45, 2.75) is 202 Å². The van der Waals surface area contributed by atoms with Gasteiger partial charge in [-0.05, 0) is 69.7 Å². The standard InChI is InChI=1S/C63H82N9O30S3.6Li/c1-6-7-17-24-85-58-46(67-70-64)35(3)53(43(95-58)31-92-103(76,77)78)101-62-50(74)56(87-27-39-20-13-9-14-21-39)41(29-90-62)97-60-48(69-72-66)37(5)55(45(99-60)33-94-105(82,83)84)102-63-51(75)57(88-28-40-22-15-10-16-23-40)42(30-91-63)96-59-47(68-71-65)36(4)54(44(98-59)32-93-104(79,80)81)100-61-49(73)52(34(2)25-89-61)86-26-38-18-11-8-12-19-38;;;;;;/h1,8-16,18-23,25,29-30,34-37,41-63,73-75H,7,17,24,26-28,31-33H2,2-5H3,(H,76,77,78)(H,79,80,81)(H,82,83,84);;;;;;/q-3;6*+1/p-3/t34-,35+,36+,37+,41-,42-,43?,44?,45?,46?,47?,48?,49?,50?,51?,52+,53+,54+,55+,56+,57+,58+,59+,60+,61-,62-,63-;;;;;;/m0....../s1. The molecule has 39 nitrogen and oxygen atoms in total. The van der Waals surface area contributed by atoms with E-state index < -0.39 is 216 Å². The Kier molecular flexibility index (Phi) is 45.6. The molecule has 3 aromatic rings. The maximum Gasteiger partial charge on any atom is 1.00 e. The quantitative estimate of drug-likeness (QED) is 0.00566. The molecule has 6 aliphatic heterocycles. The second kappa shape index (κ2) is 49.2. The minimum Gasteiger partial charge on any atom is -0.726 e. The van der Waals surface area contributed by atoms with Crippen molar-refractivity contribution in [3.8, 4) is 12.3 Å². The van der Waals surface area contributed by atoms with Crippen LogP contribution in [0.1, 0.15) is 57.2 Å². The Morgan fingerprint density at radius 2 is 0.757 bits per heavy atom. The first-order valence-electron chi connectivity index (χ1n) is 32.9. The van der Waals surface area contributed by atoms with Gasteiger partial charge >= 0.3 is 113 Å². The van der Waals surface area contributed by atoms with Gasteiger partial charge in [-0.25, -0.2) is 31.9 Å². The van der Waals surface area contributed by atoms with Gasteiger partial charge in [0.2, 0.25) is 31.2 Å². The van der Waals surface area contributed by atoms with Crippen LogP contribution < -0.4 is 113 Å². The van der Waals surface area contributed by atoms with Crippen molar-refractivity contribution < 1.29 is 251 Å². The van der Waals surface area contributed by atoms with Crippen LogP contribution in [0.4, 0.5) is 0 Å². The van der Waals surface area contributed by atoms with E-state index in [0.29, 0.717) is 24.0 Å². The Labute approximate surface area is 714 Å². The molecule has 0 radical (unpaired) electrons. The Hall–Kier alpha value is -2.38. The first kappa shape index (κ1) is 103. The summed E-state index contributed by atoms with van der Waals surface area (Å²) in [6.07, 6.45) is -26.2. The van der Waals surface area contributed by atoms with E-state index in [0.717, 1.165) is 18.8 Å². The predicted octanol–water partition coefficient (Wildman–Crippen LogP) is -14.1. The van der Waals surface area contributed by atoms with Crippen molar-refractivity contribution in [2.75, 3.05) is 26.4 Å². The van der Waals surface area contributed by atoms with Gasteiger partial charge in [-0.3, -0.25) is 12.5 Å². The van der Waals surface area contributed by atoms with Gasteiger partial charge in [0.15, 0.2) is 37.7 Å². The normalized spacial score (nSPS) is 34.2. The van der Waals surface area contributed by atoms with Crippen LogP contribution in [0.5, 0.6) is 0 Å². The molecule has 6 aliphatic rings. The largest absolute Gasteiger partial charge is 1.00 e. The summed E-state index contributed by atoms with van der Waals surface area (Å²) >= 11 is 0. The van der Waals surface area contributed by atoms with Crippen molar-refractivity contribution in [1.29, 1.82) is 0 Å². The zero-order valence-electron chi connectivity index (χ0n) is 62.5. The van der Waals surface area contributed by atoms with Crippen molar-refractivity contribution in [1.82, 2.24) is 0 Å². The topological polar surface area (TPSA) is 545 Å². The number of azide groups is 3. The number of unbranched alkanes of at least 4 members (excludes halogenated alkanes) is 1. The minimum atomic E-state index is -5.55. The number of ether oxygens (including phenoxy) is 15. The van der Waals surface area contributed by atoms with E-state index in [9.17, 15) is 70.8 Å². The van der Waals surface area contributed by atoms with E-state index >= 15 is 0 Å². The summed E-state index contributed by atoms with van der Waals surface area (Å²) in [6, 6.07) is 21.9. The van der Waals surface area contributed by atoms with Gasteiger partial charge in [0.05, 0.1) is 101 Å². The molecule has 9 rings (SSSR count). The molecule has 0 aliphatic carbocycles. The van der Waals surface area contributed by atoms with Crippen molar-refractivity contribution in [3.63, 3.8) is 0 Å². The smallest absolute Gasteiger partial charge is 0.726 e. The number of aliphatic hydroxyl groups is 3. The maximum atomic E-state index is 12.5. The molecule has 0 amide bonds. The van der Waals surface area contributed by atoms with Crippen molar-refractivity contribution in [3.05, 3.63) is 159 Å². The molecule has 3 aromatic carbocycles. The zero-order valence-corrected chi connectivity index (χ0v) is 65.0. The molecule has 9 unspecified atom stereocenters. The molecule has 0 saturated carbocycles. The summed E-state index contributed by atoms with van der Waals surface area (Å²) in [5.74, 6) is -1.34. The van der Waals surface area contributed by atoms with Crippen LogP contribution in [0.2, 0.25) is 0 Å². The van der Waals surface area contributed by atoms with E-state index in [2.05, 4.69) is 44.4 Å². The molecule has 0 aromatic heterocycles. The number of hydrogen-bond donors (Lipinski definition) is 3. The number of nitrogens with zero attached hydrogens (tertiary/aromatic N) is 9. The third-order valence-corrected chi connectivity index (χ3v) is 19.2. The Morgan fingerprint density at radius 3 is 1.08 bits per heavy atom. The fourth-order valence-corrected chi connectivity index (χ4v) is 13.5. The molecule has 0 bridgehead atoms.